The van der Waals surface area contributed by atoms with Crippen LogP contribution in [0.15, 0.2) is 58.1 Å². The number of ether oxygens (including phenoxy) is 1. The minimum atomic E-state index is 0.185. The summed E-state index contributed by atoms with van der Waals surface area (Å²) in [4.78, 5) is 7.18. The van der Waals surface area contributed by atoms with E-state index in [1.54, 1.807) is 6.26 Å². The Morgan fingerprint density at radius 3 is 2.70 bits per heavy atom. The van der Waals surface area contributed by atoms with Gasteiger partial charge < -0.3 is 19.8 Å². The first-order valence-corrected chi connectivity index (χ1v) is 9.73. The molecule has 6 nitrogen and oxygen atoms in total. The molecule has 1 atom stereocenters. The van der Waals surface area contributed by atoms with Gasteiger partial charge in [-0.1, -0.05) is 30.3 Å². The Labute approximate surface area is 161 Å². The summed E-state index contributed by atoms with van der Waals surface area (Å²) < 4.78 is 10.8. The van der Waals surface area contributed by atoms with Crippen LogP contribution in [0.5, 0.6) is 0 Å². The molecule has 1 aliphatic heterocycles. The molecule has 1 saturated heterocycles. The van der Waals surface area contributed by atoms with Crippen LogP contribution in [0.3, 0.4) is 0 Å². The average molecular weight is 370 g/mol. The summed E-state index contributed by atoms with van der Waals surface area (Å²) in [5.74, 6) is 1.82. The third-order valence-electron chi connectivity index (χ3n) is 4.69. The van der Waals surface area contributed by atoms with Gasteiger partial charge in [-0.25, -0.2) is 0 Å². The smallest absolute Gasteiger partial charge is 0.191 e. The molecule has 3 rings (SSSR count). The van der Waals surface area contributed by atoms with Crippen molar-refractivity contribution in [2.75, 3.05) is 45.9 Å². The zero-order valence-corrected chi connectivity index (χ0v) is 16.1. The molecule has 0 aliphatic carbocycles. The Bertz CT molecular complexity index is 667. The van der Waals surface area contributed by atoms with E-state index in [0.717, 1.165) is 64.1 Å². The molecule has 2 heterocycles. The number of rotatable bonds is 8. The molecule has 2 aromatic rings. The molecule has 0 amide bonds. The van der Waals surface area contributed by atoms with Crippen molar-refractivity contribution in [1.82, 2.24) is 15.5 Å². The van der Waals surface area contributed by atoms with Crippen LogP contribution in [-0.2, 0) is 11.2 Å². The molecule has 2 N–H and O–H groups in total. The van der Waals surface area contributed by atoms with Crippen LogP contribution in [0, 0.1) is 0 Å². The predicted octanol–water partition coefficient (Wildman–Crippen LogP) is 2.45. The Balaban J connectivity index is 1.53. The number of nitrogens with one attached hydrogen (secondary N) is 2. The maximum atomic E-state index is 5.41. The second kappa shape index (κ2) is 10.7. The van der Waals surface area contributed by atoms with Crippen molar-refractivity contribution in [2.45, 2.75) is 19.4 Å². The molecular formula is C21H30N4O2. The molecule has 0 radical (unpaired) electrons. The maximum absolute atomic E-state index is 5.41. The fourth-order valence-electron chi connectivity index (χ4n) is 3.07. The van der Waals surface area contributed by atoms with Crippen LogP contribution in [-0.4, -0.2) is 56.8 Å². The van der Waals surface area contributed by atoms with Crippen molar-refractivity contribution < 1.29 is 9.15 Å². The van der Waals surface area contributed by atoms with Crippen molar-refractivity contribution in [2.24, 2.45) is 4.99 Å². The monoisotopic (exact) mass is 370 g/mol. The molecule has 1 aliphatic rings. The van der Waals surface area contributed by atoms with Crippen LogP contribution in [0.25, 0.3) is 0 Å². The topological polar surface area (TPSA) is 62.0 Å². The van der Waals surface area contributed by atoms with Crippen molar-refractivity contribution in [3.63, 3.8) is 0 Å². The number of benzene rings is 1. The molecule has 0 spiro atoms. The van der Waals surface area contributed by atoms with Crippen molar-refractivity contribution in [3.05, 3.63) is 60.1 Å². The van der Waals surface area contributed by atoms with E-state index in [9.17, 15) is 0 Å². The number of hydrogen-bond acceptors (Lipinski definition) is 4. The van der Waals surface area contributed by atoms with Gasteiger partial charge in [0.15, 0.2) is 5.96 Å². The molecule has 6 heteroatoms. The van der Waals surface area contributed by atoms with E-state index in [-0.39, 0.29) is 6.04 Å². The molecule has 1 aromatic heterocycles. The second-order valence-corrected chi connectivity index (χ2v) is 6.72. The number of nitrogens with zero attached hydrogens (tertiary/aromatic N) is 2. The number of guanidine groups is 1. The lowest BCUT2D eigenvalue weighted by atomic mass is 10.1. The van der Waals surface area contributed by atoms with Gasteiger partial charge in [0.1, 0.15) is 5.76 Å². The summed E-state index contributed by atoms with van der Waals surface area (Å²) in [6.45, 7) is 8.27. The van der Waals surface area contributed by atoms with E-state index < -0.39 is 0 Å². The standard InChI is InChI=1S/C21H30N4O2/c1-18(19-6-3-2-4-7-19)24-21(22-10-9-20-8-5-15-27-20)23-11-12-25-13-16-26-17-14-25/h2-8,15,18H,9-14,16-17H2,1H3,(H2,22,23,24). The van der Waals surface area contributed by atoms with Gasteiger partial charge in [-0.15, -0.1) is 0 Å². The van der Waals surface area contributed by atoms with Gasteiger partial charge in [-0.3, -0.25) is 9.89 Å². The number of aliphatic imine (C=N–C) groups is 1. The minimum Gasteiger partial charge on any atom is -0.469 e. The Morgan fingerprint density at radius 1 is 1.15 bits per heavy atom. The fourth-order valence-corrected chi connectivity index (χ4v) is 3.07. The highest BCUT2D eigenvalue weighted by Crippen LogP contribution is 2.10. The van der Waals surface area contributed by atoms with Gasteiger partial charge in [0, 0.05) is 32.6 Å². The summed E-state index contributed by atoms with van der Waals surface area (Å²) in [5.41, 5.74) is 1.24. The summed E-state index contributed by atoms with van der Waals surface area (Å²) in [6, 6.07) is 14.5. The van der Waals surface area contributed by atoms with Gasteiger partial charge in [0.25, 0.3) is 0 Å². The highest BCUT2D eigenvalue weighted by Gasteiger charge is 2.11. The summed E-state index contributed by atoms with van der Waals surface area (Å²) in [7, 11) is 0. The first kappa shape index (κ1) is 19.5. The van der Waals surface area contributed by atoms with Gasteiger partial charge in [0.2, 0.25) is 0 Å². The Hall–Kier alpha value is -2.31. The van der Waals surface area contributed by atoms with Crippen molar-refractivity contribution >= 4 is 5.96 Å². The van der Waals surface area contributed by atoms with E-state index in [4.69, 9.17) is 14.1 Å². The van der Waals surface area contributed by atoms with Gasteiger partial charge >= 0.3 is 0 Å². The first-order chi connectivity index (χ1) is 13.3. The largest absolute Gasteiger partial charge is 0.469 e. The van der Waals surface area contributed by atoms with E-state index in [0.29, 0.717) is 0 Å². The highest BCUT2D eigenvalue weighted by molar-refractivity contribution is 5.80. The molecule has 1 unspecified atom stereocenters. The van der Waals surface area contributed by atoms with E-state index >= 15 is 0 Å². The SMILES string of the molecule is CC(NC(=NCCN1CCOCC1)NCCc1ccco1)c1ccccc1. The number of morpholine rings is 1. The Morgan fingerprint density at radius 2 is 1.96 bits per heavy atom. The quantitative estimate of drug-likeness (QED) is 0.552. The molecule has 0 saturated carbocycles. The fraction of sp³-hybridized carbons (Fsp3) is 0.476. The summed E-state index contributed by atoms with van der Waals surface area (Å²) >= 11 is 0. The first-order valence-electron chi connectivity index (χ1n) is 9.73. The van der Waals surface area contributed by atoms with Crippen molar-refractivity contribution in [1.29, 1.82) is 0 Å². The molecule has 0 bridgehead atoms. The maximum Gasteiger partial charge on any atom is 0.191 e. The van der Waals surface area contributed by atoms with Gasteiger partial charge in [-0.05, 0) is 24.6 Å². The van der Waals surface area contributed by atoms with Gasteiger partial charge in [0.05, 0.1) is 32.1 Å². The zero-order valence-electron chi connectivity index (χ0n) is 16.1. The molecule has 27 heavy (non-hydrogen) atoms. The zero-order chi connectivity index (χ0) is 18.7. The van der Waals surface area contributed by atoms with Crippen LogP contribution < -0.4 is 10.6 Å². The van der Waals surface area contributed by atoms with E-state index in [1.165, 1.54) is 5.56 Å². The van der Waals surface area contributed by atoms with Crippen molar-refractivity contribution in [3.8, 4) is 0 Å². The third-order valence-corrected chi connectivity index (χ3v) is 4.69. The average Bonchev–Trinajstić information content (AvgIpc) is 3.23. The summed E-state index contributed by atoms with van der Waals surface area (Å²) in [6.07, 6.45) is 2.54. The lowest BCUT2D eigenvalue weighted by Gasteiger charge is -2.26. The normalized spacial score (nSPS) is 16.9. The lowest BCUT2D eigenvalue weighted by molar-refractivity contribution is 0.0394. The third kappa shape index (κ3) is 6.73. The molecule has 146 valence electrons. The number of hydrogen-bond donors (Lipinski definition) is 2. The van der Waals surface area contributed by atoms with Crippen LogP contribution in [0.1, 0.15) is 24.3 Å². The molecular weight excluding hydrogens is 340 g/mol. The minimum absolute atomic E-state index is 0.185. The lowest BCUT2D eigenvalue weighted by Crippen LogP contribution is -2.41. The van der Waals surface area contributed by atoms with Gasteiger partial charge in [-0.2, -0.15) is 0 Å². The van der Waals surface area contributed by atoms with Crippen LogP contribution in [0.2, 0.25) is 0 Å². The van der Waals surface area contributed by atoms with Crippen LogP contribution >= 0.6 is 0 Å². The second-order valence-electron chi connectivity index (χ2n) is 6.72. The summed E-state index contributed by atoms with van der Waals surface area (Å²) in [5, 5.41) is 6.95. The van der Waals surface area contributed by atoms with E-state index in [1.807, 2.05) is 18.2 Å². The predicted molar refractivity (Wildman–Crippen MR) is 108 cm³/mol. The molecule has 1 fully saturated rings. The Kier molecular flexibility index (Phi) is 7.74. The van der Waals surface area contributed by atoms with Crippen LogP contribution in [0.4, 0.5) is 0 Å². The number of furan rings is 1. The highest BCUT2D eigenvalue weighted by atomic mass is 16.5. The molecule has 1 aromatic carbocycles. The van der Waals surface area contributed by atoms with E-state index in [2.05, 4.69) is 46.7 Å².